The molecule has 0 saturated carbocycles. The summed E-state index contributed by atoms with van der Waals surface area (Å²) in [5.41, 5.74) is 0.115. The van der Waals surface area contributed by atoms with Crippen LogP contribution in [0, 0.1) is 16.0 Å². The summed E-state index contributed by atoms with van der Waals surface area (Å²) in [6, 6.07) is 12.4. The van der Waals surface area contributed by atoms with Crippen LogP contribution in [0.5, 0.6) is 5.75 Å². The molecule has 1 amide bonds. The van der Waals surface area contributed by atoms with Gasteiger partial charge >= 0.3 is 0 Å². The van der Waals surface area contributed by atoms with E-state index >= 15 is 0 Å². The van der Waals surface area contributed by atoms with E-state index in [1.54, 1.807) is 18.2 Å². The quantitative estimate of drug-likeness (QED) is 0.529. The molecule has 1 saturated heterocycles. The number of para-hydroxylation sites is 3. The van der Waals surface area contributed by atoms with E-state index in [0.717, 1.165) is 0 Å². The Bertz CT molecular complexity index is 1030. The van der Waals surface area contributed by atoms with E-state index in [0.29, 0.717) is 30.9 Å². The van der Waals surface area contributed by atoms with Gasteiger partial charge in [0.15, 0.2) is 4.90 Å². The van der Waals surface area contributed by atoms with Crippen molar-refractivity contribution < 1.29 is 22.9 Å². The van der Waals surface area contributed by atoms with Crippen LogP contribution in [0.25, 0.3) is 0 Å². The van der Waals surface area contributed by atoms with E-state index in [1.165, 1.54) is 28.6 Å². The largest absolute Gasteiger partial charge is 0.492 e. The Labute approximate surface area is 174 Å². The highest BCUT2D eigenvalue weighted by Gasteiger charge is 2.35. The van der Waals surface area contributed by atoms with Crippen LogP contribution in [0.15, 0.2) is 53.4 Å². The lowest BCUT2D eigenvalue weighted by atomic mass is 9.97. The van der Waals surface area contributed by atoms with Gasteiger partial charge in [0, 0.05) is 25.1 Å². The number of sulfonamides is 1. The van der Waals surface area contributed by atoms with Crippen molar-refractivity contribution in [3.8, 4) is 5.75 Å². The molecular weight excluding hydrogens is 410 g/mol. The number of rotatable bonds is 7. The fraction of sp³-hybridized carbons (Fsp3) is 0.350. The zero-order chi connectivity index (χ0) is 21.7. The zero-order valence-corrected chi connectivity index (χ0v) is 17.3. The molecule has 3 rings (SSSR count). The number of piperidine rings is 1. The number of nitro groups is 1. The van der Waals surface area contributed by atoms with Gasteiger partial charge in [-0.2, -0.15) is 4.31 Å². The molecule has 1 fully saturated rings. The highest BCUT2D eigenvalue weighted by atomic mass is 32.2. The SMILES string of the molecule is CCOc1ccccc1NC(=O)C1CCN(S(=O)(=O)c2ccccc2[N+](=O)[O-])CC1. The molecule has 2 aromatic rings. The molecule has 0 spiro atoms. The molecule has 1 N–H and O–H groups in total. The minimum Gasteiger partial charge on any atom is -0.492 e. The van der Waals surface area contributed by atoms with Crippen LogP contribution in [0.1, 0.15) is 19.8 Å². The van der Waals surface area contributed by atoms with Crippen molar-refractivity contribution in [2.24, 2.45) is 5.92 Å². The molecule has 0 unspecified atom stereocenters. The Morgan fingerprint density at radius 2 is 1.80 bits per heavy atom. The smallest absolute Gasteiger partial charge is 0.289 e. The van der Waals surface area contributed by atoms with Crippen LogP contribution in [0.2, 0.25) is 0 Å². The number of nitrogens with zero attached hydrogens (tertiary/aromatic N) is 2. The van der Waals surface area contributed by atoms with Crippen LogP contribution in [0.3, 0.4) is 0 Å². The highest BCUT2D eigenvalue weighted by Crippen LogP contribution is 2.30. The van der Waals surface area contributed by atoms with Crippen molar-refractivity contribution in [1.29, 1.82) is 0 Å². The standard InChI is InChI=1S/C20H23N3O6S/c1-2-29-18-9-5-3-7-16(18)21-20(24)15-11-13-22(14-12-15)30(27,28)19-10-6-4-8-17(19)23(25)26/h3-10,15H,2,11-14H2,1H3,(H,21,24). The fourth-order valence-corrected chi connectivity index (χ4v) is 5.04. The Morgan fingerprint density at radius 3 is 2.47 bits per heavy atom. The van der Waals surface area contributed by atoms with Gasteiger partial charge in [-0.15, -0.1) is 0 Å². The van der Waals surface area contributed by atoms with Gasteiger partial charge in [0.2, 0.25) is 15.9 Å². The van der Waals surface area contributed by atoms with E-state index in [2.05, 4.69) is 5.32 Å². The summed E-state index contributed by atoms with van der Waals surface area (Å²) in [4.78, 5) is 22.8. The molecule has 30 heavy (non-hydrogen) atoms. The van der Waals surface area contributed by atoms with E-state index in [-0.39, 0.29) is 29.8 Å². The molecule has 0 aromatic heterocycles. The van der Waals surface area contributed by atoms with Gasteiger partial charge in [0.1, 0.15) is 5.75 Å². The third-order valence-electron chi connectivity index (χ3n) is 4.95. The molecule has 1 aliphatic rings. The van der Waals surface area contributed by atoms with Crippen LogP contribution < -0.4 is 10.1 Å². The maximum absolute atomic E-state index is 12.9. The summed E-state index contributed by atoms with van der Waals surface area (Å²) in [6.07, 6.45) is 0.644. The Balaban J connectivity index is 1.68. The first-order chi connectivity index (χ1) is 14.3. The second-order valence-electron chi connectivity index (χ2n) is 6.82. The molecule has 2 aromatic carbocycles. The van der Waals surface area contributed by atoms with Gasteiger partial charge in [0.25, 0.3) is 5.69 Å². The second kappa shape index (κ2) is 9.23. The number of anilines is 1. The summed E-state index contributed by atoms with van der Waals surface area (Å²) in [5, 5.41) is 14.1. The lowest BCUT2D eigenvalue weighted by Gasteiger charge is -2.30. The molecule has 0 atom stereocenters. The van der Waals surface area contributed by atoms with E-state index < -0.39 is 20.6 Å². The molecule has 0 bridgehead atoms. The van der Waals surface area contributed by atoms with E-state index in [1.807, 2.05) is 13.0 Å². The maximum atomic E-state index is 12.9. The number of carbonyl (C=O) groups is 1. The number of ether oxygens (including phenoxy) is 1. The minimum absolute atomic E-state index is 0.111. The van der Waals surface area contributed by atoms with Crippen molar-refractivity contribution in [2.75, 3.05) is 25.0 Å². The number of nitro benzene ring substituents is 1. The van der Waals surface area contributed by atoms with Crippen molar-refractivity contribution >= 4 is 27.3 Å². The van der Waals surface area contributed by atoms with Crippen LogP contribution in [-0.2, 0) is 14.8 Å². The molecule has 10 heteroatoms. The van der Waals surface area contributed by atoms with Crippen molar-refractivity contribution in [1.82, 2.24) is 4.31 Å². The van der Waals surface area contributed by atoms with Crippen molar-refractivity contribution in [3.05, 3.63) is 58.6 Å². The van der Waals surface area contributed by atoms with E-state index in [9.17, 15) is 23.3 Å². The number of hydrogen-bond donors (Lipinski definition) is 1. The maximum Gasteiger partial charge on any atom is 0.289 e. The number of benzene rings is 2. The van der Waals surface area contributed by atoms with E-state index in [4.69, 9.17) is 4.74 Å². The summed E-state index contributed by atoms with van der Waals surface area (Å²) >= 11 is 0. The monoisotopic (exact) mass is 433 g/mol. The van der Waals surface area contributed by atoms with Gasteiger partial charge in [-0.3, -0.25) is 14.9 Å². The summed E-state index contributed by atoms with van der Waals surface area (Å²) in [6.45, 7) is 2.54. The van der Waals surface area contributed by atoms with Crippen LogP contribution >= 0.6 is 0 Å². The molecule has 9 nitrogen and oxygen atoms in total. The summed E-state index contributed by atoms with van der Waals surface area (Å²) < 4.78 is 32.5. The van der Waals surface area contributed by atoms with Crippen LogP contribution in [0.4, 0.5) is 11.4 Å². The first-order valence-corrected chi connectivity index (χ1v) is 11.0. The topological polar surface area (TPSA) is 119 Å². The average molecular weight is 433 g/mol. The molecule has 0 aliphatic carbocycles. The van der Waals surface area contributed by atoms with Gasteiger partial charge in [0.05, 0.1) is 17.2 Å². The number of carbonyl (C=O) groups excluding carboxylic acids is 1. The predicted octanol–water partition coefficient (Wildman–Crippen LogP) is 3.03. The van der Waals surface area contributed by atoms with Crippen molar-refractivity contribution in [2.45, 2.75) is 24.7 Å². The lowest BCUT2D eigenvalue weighted by Crippen LogP contribution is -2.41. The molecular formula is C20H23N3O6S. The van der Waals surface area contributed by atoms with Gasteiger partial charge in [-0.1, -0.05) is 24.3 Å². The number of amides is 1. The Hall–Kier alpha value is -2.98. The Kier molecular flexibility index (Phi) is 6.68. The minimum atomic E-state index is -4.02. The normalized spacial score (nSPS) is 15.5. The number of hydrogen-bond acceptors (Lipinski definition) is 6. The molecule has 0 radical (unpaired) electrons. The third-order valence-corrected chi connectivity index (χ3v) is 6.90. The molecule has 1 heterocycles. The second-order valence-corrected chi connectivity index (χ2v) is 8.73. The Morgan fingerprint density at radius 1 is 1.17 bits per heavy atom. The summed E-state index contributed by atoms with van der Waals surface area (Å²) in [5.74, 6) is 0.00605. The molecule has 160 valence electrons. The van der Waals surface area contributed by atoms with Gasteiger partial charge in [-0.05, 0) is 38.0 Å². The average Bonchev–Trinajstić information content (AvgIpc) is 2.75. The van der Waals surface area contributed by atoms with Crippen molar-refractivity contribution in [3.63, 3.8) is 0 Å². The first-order valence-electron chi connectivity index (χ1n) is 9.61. The number of nitrogens with one attached hydrogen (secondary N) is 1. The summed E-state index contributed by atoms with van der Waals surface area (Å²) in [7, 11) is -4.02. The van der Waals surface area contributed by atoms with Gasteiger partial charge in [-0.25, -0.2) is 8.42 Å². The highest BCUT2D eigenvalue weighted by molar-refractivity contribution is 7.89. The van der Waals surface area contributed by atoms with Crippen LogP contribution in [-0.4, -0.2) is 43.2 Å². The van der Waals surface area contributed by atoms with Gasteiger partial charge < -0.3 is 10.1 Å². The lowest BCUT2D eigenvalue weighted by molar-refractivity contribution is -0.387. The third kappa shape index (κ3) is 4.60. The molecule has 1 aliphatic heterocycles. The predicted molar refractivity (Wildman–Crippen MR) is 111 cm³/mol. The first kappa shape index (κ1) is 21.7. The zero-order valence-electron chi connectivity index (χ0n) is 16.5. The fourth-order valence-electron chi connectivity index (χ4n) is 3.41.